The van der Waals surface area contributed by atoms with Crippen molar-refractivity contribution in [2.45, 2.75) is 26.8 Å². The Bertz CT molecular complexity index is 844. The van der Waals surface area contributed by atoms with Crippen LogP contribution >= 0.6 is 24.0 Å². The summed E-state index contributed by atoms with van der Waals surface area (Å²) in [6, 6.07) is 11.9. The number of furan rings is 1. The average Bonchev–Trinajstić information content (AvgIpc) is 3.32. The lowest BCUT2D eigenvalue weighted by molar-refractivity contribution is 0.577. The van der Waals surface area contributed by atoms with Crippen LogP contribution in [0.3, 0.4) is 0 Å². The number of hydrogen-bond acceptors (Lipinski definition) is 4. The van der Waals surface area contributed by atoms with Gasteiger partial charge in [-0.2, -0.15) is 5.10 Å². The minimum Gasteiger partial charge on any atom is -0.461 e. The normalized spacial score (nSPS) is 11.1. The van der Waals surface area contributed by atoms with E-state index in [-0.39, 0.29) is 24.0 Å². The third-order valence-corrected chi connectivity index (χ3v) is 3.94. The number of guanidine groups is 1. The number of hydrogen-bond donors (Lipinski definition) is 3. The molecule has 0 atom stereocenters. The van der Waals surface area contributed by atoms with Crippen LogP contribution in [-0.4, -0.2) is 34.2 Å². The molecular weight excluding hydrogens is 455 g/mol. The molecule has 27 heavy (non-hydrogen) atoms. The van der Waals surface area contributed by atoms with Gasteiger partial charge in [0.05, 0.1) is 12.8 Å². The molecule has 3 aromatic rings. The van der Waals surface area contributed by atoms with Gasteiger partial charge in [0.2, 0.25) is 5.82 Å². The van der Waals surface area contributed by atoms with Crippen molar-refractivity contribution < 1.29 is 4.42 Å². The fourth-order valence-electron chi connectivity index (χ4n) is 2.52. The van der Waals surface area contributed by atoms with Crippen molar-refractivity contribution in [1.29, 1.82) is 0 Å². The molecule has 7 nitrogen and oxygen atoms in total. The second-order valence-electron chi connectivity index (χ2n) is 5.88. The molecule has 0 saturated heterocycles. The number of benzene rings is 1. The highest BCUT2D eigenvalue weighted by molar-refractivity contribution is 14.0. The molecule has 3 N–H and O–H groups in total. The van der Waals surface area contributed by atoms with E-state index in [4.69, 9.17) is 4.42 Å². The zero-order valence-corrected chi connectivity index (χ0v) is 17.9. The first-order valence-corrected chi connectivity index (χ1v) is 8.78. The second-order valence-corrected chi connectivity index (χ2v) is 5.88. The summed E-state index contributed by atoms with van der Waals surface area (Å²) in [5, 5.41) is 13.7. The number of aromatic amines is 1. The number of aromatic nitrogens is 3. The standard InChI is InChI=1S/C19H24N6O.HI/c1-3-20-19(22-13-15-8-5-4-7-14(15)2)21-11-10-17-23-18(25-24-17)16-9-6-12-26-16;/h4-9,12H,3,10-11,13H2,1-2H3,(H2,20,21,22)(H,23,24,25);1H. The fraction of sp³-hybridized carbons (Fsp3) is 0.316. The van der Waals surface area contributed by atoms with Crippen molar-refractivity contribution in [2.24, 2.45) is 4.99 Å². The monoisotopic (exact) mass is 480 g/mol. The largest absolute Gasteiger partial charge is 0.461 e. The molecule has 2 aromatic heterocycles. The van der Waals surface area contributed by atoms with E-state index >= 15 is 0 Å². The minimum atomic E-state index is 0. The molecule has 0 aliphatic rings. The van der Waals surface area contributed by atoms with Crippen molar-refractivity contribution in [1.82, 2.24) is 25.8 Å². The second kappa shape index (κ2) is 10.7. The molecular formula is C19H25IN6O. The molecule has 0 radical (unpaired) electrons. The molecule has 0 spiro atoms. The highest BCUT2D eigenvalue weighted by Gasteiger charge is 2.08. The van der Waals surface area contributed by atoms with Crippen molar-refractivity contribution in [3.8, 4) is 11.6 Å². The summed E-state index contributed by atoms with van der Waals surface area (Å²) in [5.41, 5.74) is 2.47. The Morgan fingerprint density at radius 1 is 1.19 bits per heavy atom. The summed E-state index contributed by atoms with van der Waals surface area (Å²) in [6.45, 7) is 6.31. The van der Waals surface area contributed by atoms with Gasteiger partial charge in [-0.15, -0.1) is 24.0 Å². The first kappa shape index (κ1) is 20.9. The van der Waals surface area contributed by atoms with Crippen LogP contribution in [0.4, 0.5) is 0 Å². The van der Waals surface area contributed by atoms with Gasteiger partial charge in [-0.3, -0.25) is 5.10 Å². The van der Waals surface area contributed by atoms with Crippen LogP contribution in [0.5, 0.6) is 0 Å². The highest BCUT2D eigenvalue weighted by Crippen LogP contribution is 2.14. The molecule has 0 unspecified atom stereocenters. The number of rotatable bonds is 7. The van der Waals surface area contributed by atoms with Gasteiger partial charge in [0.15, 0.2) is 11.7 Å². The van der Waals surface area contributed by atoms with E-state index in [1.165, 1.54) is 11.1 Å². The third-order valence-electron chi connectivity index (χ3n) is 3.94. The predicted octanol–water partition coefficient (Wildman–Crippen LogP) is 3.29. The Hall–Kier alpha value is -2.36. The Labute approximate surface area is 176 Å². The third kappa shape index (κ3) is 6.09. The Balaban J connectivity index is 0.00000261. The van der Waals surface area contributed by atoms with Gasteiger partial charge in [0.1, 0.15) is 5.82 Å². The summed E-state index contributed by atoms with van der Waals surface area (Å²) >= 11 is 0. The lowest BCUT2D eigenvalue weighted by Crippen LogP contribution is -2.38. The molecule has 2 heterocycles. The highest BCUT2D eigenvalue weighted by atomic mass is 127. The number of aryl methyl sites for hydroxylation is 1. The number of aliphatic imine (C=N–C) groups is 1. The van der Waals surface area contributed by atoms with Crippen LogP contribution in [0.1, 0.15) is 23.9 Å². The van der Waals surface area contributed by atoms with E-state index in [1.54, 1.807) is 6.26 Å². The summed E-state index contributed by atoms with van der Waals surface area (Å²) in [7, 11) is 0. The maximum absolute atomic E-state index is 5.30. The molecule has 144 valence electrons. The number of H-pyrrole nitrogens is 1. The zero-order valence-electron chi connectivity index (χ0n) is 15.5. The molecule has 0 bridgehead atoms. The average molecular weight is 480 g/mol. The number of halogens is 1. The van der Waals surface area contributed by atoms with Crippen molar-refractivity contribution in [3.63, 3.8) is 0 Å². The van der Waals surface area contributed by atoms with Gasteiger partial charge in [-0.25, -0.2) is 9.98 Å². The van der Waals surface area contributed by atoms with Crippen LogP contribution in [-0.2, 0) is 13.0 Å². The summed E-state index contributed by atoms with van der Waals surface area (Å²) < 4.78 is 5.30. The Kier molecular flexibility index (Phi) is 8.31. The van der Waals surface area contributed by atoms with Crippen LogP contribution in [0.2, 0.25) is 0 Å². The Morgan fingerprint density at radius 3 is 2.78 bits per heavy atom. The van der Waals surface area contributed by atoms with Crippen LogP contribution in [0.25, 0.3) is 11.6 Å². The first-order chi connectivity index (χ1) is 12.8. The van der Waals surface area contributed by atoms with Crippen LogP contribution in [0, 0.1) is 6.92 Å². The van der Waals surface area contributed by atoms with E-state index < -0.39 is 0 Å². The van der Waals surface area contributed by atoms with Gasteiger partial charge in [-0.1, -0.05) is 24.3 Å². The topological polar surface area (TPSA) is 91.1 Å². The SMILES string of the molecule is CCNC(=NCc1ccccc1C)NCCc1nc(-c2ccco2)n[nH]1.I. The van der Waals surface area contributed by atoms with Crippen LogP contribution in [0.15, 0.2) is 52.1 Å². The van der Waals surface area contributed by atoms with Gasteiger partial charge in [-0.05, 0) is 37.1 Å². The van der Waals surface area contributed by atoms with Gasteiger partial charge < -0.3 is 15.1 Å². The number of nitrogens with zero attached hydrogens (tertiary/aromatic N) is 3. The fourth-order valence-corrected chi connectivity index (χ4v) is 2.52. The molecule has 1 aromatic carbocycles. The molecule has 0 saturated carbocycles. The maximum Gasteiger partial charge on any atom is 0.216 e. The van der Waals surface area contributed by atoms with Crippen LogP contribution < -0.4 is 10.6 Å². The Morgan fingerprint density at radius 2 is 2.04 bits per heavy atom. The predicted molar refractivity (Wildman–Crippen MR) is 117 cm³/mol. The van der Waals surface area contributed by atoms with Crippen molar-refractivity contribution in [3.05, 3.63) is 59.6 Å². The number of nitrogens with one attached hydrogen (secondary N) is 3. The smallest absolute Gasteiger partial charge is 0.216 e. The van der Waals surface area contributed by atoms with Crippen molar-refractivity contribution >= 4 is 29.9 Å². The molecule has 3 rings (SSSR count). The van der Waals surface area contributed by atoms with E-state index in [9.17, 15) is 0 Å². The van der Waals surface area contributed by atoms with Gasteiger partial charge >= 0.3 is 0 Å². The lowest BCUT2D eigenvalue weighted by Gasteiger charge is -2.11. The van der Waals surface area contributed by atoms with E-state index in [0.29, 0.717) is 31.1 Å². The minimum absolute atomic E-state index is 0. The van der Waals surface area contributed by atoms with E-state index in [0.717, 1.165) is 18.3 Å². The molecule has 0 amide bonds. The van der Waals surface area contributed by atoms with E-state index in [1.807, 2.05) is 24.3 Å². The zero-order chi connectivity index (χ0) is 18.2. The quantitative estimate of drug-likeness (QED) is 0.274. The summed E-state index contributed by atoms with van der Waals surface area (Å²) in [6.07, 6.45) is 2.32. The molecule has 0 aliphatic heterocycles. The molecule has 0 aliphatic carbocycles. The maximum atomic E-state index is 5.30. The summed E-state index contributed by atoms with van der Waals surface area (Å²) in [4.78, 5) is 9.09. The van der Waals surface area contributed by atoms with Gasteiger partial charge in [0.25, 0.3) is 0 Å². The summed E-state index contributed by atoms with van der Waals surface area (Å²) in [5.74, 6) is 2.83. The van der Waals surface area contributed by atoms with Gasteiger partial charge in [0, 0.05) is 19.5 Å². The first-order valence-electron chi connectivity index (χ1n) is 8.78. The molecule has 8 heteroatoms. The van der Waals surface area contributed by atoms with Crippen molar-refractivity contribution in [2.75, 3.05) is 13.1 Å². The lowest BCUT2D eigenvalue weighted by atomic mass is 10.1. The molecule has 0 fully saturated rings. The van der Waals surface area contributed by atoms with E-state index in [2.05, 4.69) is 56.8 Å².